The summed E-state index contributed by atoms with van der Waals surface area (Å²) in [6, 6.07) is 13.3. The minimum Gasteiger partial charge on any atom is -0.454 e. The second-order valence-electron chi connectivity index (χ2n) is 7.73. The van der Waals surface area contributed by atoms with Gasteiger partial charge in [-0.1, -0.05) is 12.1 Å². The van der Waals surface area contributed by atoms with Crippen molar-refractivity contribution in [3.63, 3.8) is 0 Å². The summed E-state index contributed by atoms with van der Waals surface area (Å²) in [4.78, 5) is 30.2. The predicted octanol–water partition coefficient (Wildman–Crippen LogP) is 2.54. The van der Waals surface area contributed by atoms with Crippen molar-refractivity contribution in [1.82, 2.24) is 19.9 Å². The van der Waals surface area contributed by atoms with Crippen LogP contribution in [0.4, 0.5) is 17.5 Å². The number of ether oxygens (including phenoxy) is 2. The third kappa shape index (κ3) is 4.41. The van der Waals surface area contributed by atoms with Crippen molar-refractivity contribution in [3.05, 3.63) is 60.0 Å². The Morgan fingerprint density at radius 1 is 1.00 bits per heavy atom. The fraction of sp³-hybridized carbons (Fsp3) is 0.304. The fourth-order valence-electron chi connectivity index (χ4n) is 3.87. The van der Waals surface area contributed by atoms with E-state index in [2.05, 4.69) is 25.2 Å². The maximum Gasteiger partial charge on any atom is 0.231 e. The summed E-state index contributed by atoms with van der Waals surface area (Å²) in [5.41, 5.74) is 0.929. The lowest BCUT2D eigenvalue weighted by atomic mass is 10.1. The van der Waals surface area contributed by atoms with Gasteiger partial charge in [-0.2, -0.15) is 0 Å². The lowest BCUT2D eigenvalue weighted by molar-refractivity contribution is -0.130. The molecule has 0 aliphatic carbocycles. The highest BCUT2D eigenvalue weighted by Crippen LogP contribution is 2.32. The van der Waals surface area contributed by atoms with Gasteiger partial charge in [0.1, 0.15) is 23.3 Å². The zero-order valence-electron chi connectivity index (χ0n) is 17.8. The van der Waals surface area contributed by atoms with Crippen LogP contribution in [0.1, 0.15) is 11.4 Å². The maximum absolute atomic E-state index is 12.8. The zero-order chi connectivity index (χ0) is 21.9. The Hall–Kier alpha value is -3.88. The first kappa shape index (κ1) is 20.0. The molecule has 0 spiro atoms. The van der Waals surface area contributed by atoms with Gasteiger partial charge in [0.05, 0.1) is 6.42 Å². The molecular formula is C23H24N6O3. The lowest BCUT2D eigenvalue weighted by Crippen LogP contribution is -2.49. The molecule has 0 unspecified atom stereocenters. The van der Waals surface area contributed by atoms with Crippen LogP contribution in [0.5, 0.6) is 11.5 Å². The molecule has 0 radical (unpaired) electrons. The Balaban J connectivity index is 1.20. The molecule has 164 valence electrons. The van der Waals surface area contributed by atoms with Gasteiger partial charge < -0.3 is 24.6 Å². The highest BCUT2D eigenvalue weighted by molar-refractivity contribution is 5.79. The predicted molar refractivity (Wildman–Crippen MR) is 119 cm³/mol. The minimum absolute atomic E-state index is 0.111. The van der Waals surface area contributed by atoms with Gasteiger partial charge in [0, 0.05) is 38.4 Å². The molecule has 9 heteroatoms. The summed E-state index contributed by atoms with van der Waals surface area (Å²) in [5, 5.41) is 3.22. The van der Waals surface area contributed by atoms with Gasteiger partial charge in [0.25, 0.3) is 0 Å². The van der Waals surface area contributed by atoms with Crippen LogP contribution in [0.2, 0.25) is 0 Å². The van der Waals surface area contributed by atoms with E-state index in [1.165, 1.54) is 0 Å². The van der Waals surface area contributed by atoms with Crippen molar-refractivity contribution < 1.29 is 14.3 Å². The molecule has 0 bridgehead atoms. The van der Waals surface area contributed by atoms with E-state index >= 15 is 0 Å². The third-order valence-electron chi connectivity index (χ3n) is 5.49. The summed E-state index contributed by atoms with van der Waals surface area (Å²) < 4.78 is 10.7. The van der Waals surface area contributed by atoms with Crippen molar-refractivity contribution in [1.29, 1.82) is 0 Å². The average molecular weight is 432 g/mol. The van der Waals surface area contributed by atoms with E-state index in [1.807, 2.05) is 54.3 Å². The number of nitrogens with zero attached hydrogens (tertiary/aromatic N) is 5. The average Bonchev–Trinajstić information content (AvgIpc) is 3.27. The molecule has 1 saturated heterocycles. The van der Waals surface area contributed by atoms with E-state index in [1.54, 1.807) is 6.20 Å². The van der Waals surface area contributed by atoms with Gasteiger partial charge >= 0.3 is 0 Å². The molecule has 1 fully saturated rings. The quantitative estimate of drug-likeness (QED) is 0.658. The van der Waals surface area contributed by atoms with Gasteiger partial charge in [-0.05, 0) is 36.8 Å². The molecule has 0 atom stereocenters. The molecule has 1 N–H and O–H groups in total. The van der Waals surface area contributed by atoms with Crippen LogP contribution in [-0.2, 0) is 11.2 Å². The number of carbonyl (C=O) groups is 1. The smallest absolute Gasteiger partial charge is 0.231 e. The Morgan fingerprint density at radius 3 is 2.66 bits per heavy atom. The van der Waals surface area contributed by atoms with E-state index in [-0.39, 0.29) is 12.7 Å². The number of aryl methyl sites for hydroxylation is 1. The first-order chi connectivity index (χ1) is 15.6. The number of fused-ring (bicyclic) bond motifs is 1. The molecule has 2 aliphatic rings. The van der Waals surface area contributed by atoms with E-state index in [4.69, 9.17) is 9.47 Å². The van der Waals surface area contributed by atoms with E-state index in [0.29, 0.717) is 50.0 Å². The lowest BCUT2D eigenvalue weighted by Gasteiger charge is -2.35. The molecule has 4 heterocycles. The number of rotatable bonds is 5. The molecule has 5 rings (SSSR count). The van der Waals surface area contributed by atoms with Crippen molar-refractivity contribution in [2.24, 2.45) is 0 Å². The monoisotopic (exact) mass is 432 g/mol. The first-order valence-corrected chi connectivity index (χ1v) is 10.6. The number of hydrogen-bond acceptors (Lipinski definition) is 8. The largest absolute Gasteiger partial charge is 0.454 e. The SMILES string of the molecule is Cc1nc(Nc2ccccn2)cc(N2CCN(C(=O)Cc3ccc4c(c3)OCO4)CC2)n1. The Morgan fingerprint density at radius 2 is 1.84 bits per heavy atom. The number of hydrogen-bond donors (Lipinski definition) is 1. The van der Waals surface area contributed by atoms with Crippen molar-refractivity contribution in [2.75, 3.05) is 43.2 Å². The molecule has 2 aliphatic heterocycles. The highest BCUT2D eigenvalue weighted by atomic mass is 16.7. The summed E-state index contributed by atoms with van der Waals surface area (Å²) in [6.07, 6.45) is 2.08. The van der Waals surface area contributed by atoms with Crippen molar-refractivity contribution in [3.8, 4) is 11.5 Å². The Bertz CT molecular complexity index is 1120. The standard InChI is InChI=1S/C23H24N6O3/c1-16-25-21(27-20-4-2-3-7-24-20)14-22(26-16)28-8-10-29(11-9-28)23(30)13-17-5-6-18-19(12-17)32-15-31-18/h2-7,12,14H,8-11,13,15H2,1H3,(H,24,25,26,27). The van der Waals surface area contributed by atoms with Crippen LogP contribution in [0, 0.1) is 6.92 Å². The van der Waals surface area contributed by atoms with Gasteiger partial charge in [0.2, 0.25) is 12.7 Å². The zero-order valence-corrected chi connectivity index (χ0v) is 17.8. The number of piperazine rings is 1. The van der Waals surface area contributed by atoms with Crippen LogP contribution >= 0.6 is 0 Å². The summed E-state index contributed by atoms with van der Waals surface area (Å²) >= 11 is 0. The van der Waals surface area contributed by atoms with Crippen molar-refractivity contribution >= 4 is 23.4 Å². The first-order valence-electron chi connectivity index (χ1n) is 10.6. The highest BCUT2D eigenvalue weighted by Gasteiger charge is 2.23. The van der Waals surface area contributed by atoms with E-state index in [9.17, 15) is 4.79 Å². The molecule has 32 heavy (non-hydrogen) atoms. The molecule has 9 nitrogen and oxygen atoms in total. The number of pyridine rings is 1. The van der Waals surface area contributed by atoms with Gasteiger partial charge in [-0.15, -0.1) is 0 Å². The Kier molecular flexibility index (Phi) is 5.45. The number of benzene rings is 1. The molecule has 0 saturated carbocycles. The Labute approximate surface area is 186 Å². The summed E-state index contributed by atoms with van der Waals surface area (Å²) in [5.74, 6) is 4.50. The van der Waals surface area contributed by atoms with Gasteiger partial charge in [0.15, 0.2) is 11.5 Å². The maximum atomic E-state index is 12.8. The molecule has 2 aromatic heterocycles. The van der Waals surface area contributed by atoms with E-state index < -0.39 is 0 Å². The van der Waals surface area contributed by atoms with E-state index in [0.717, 1.165) is 22.9 Å². The van der Waals surface area contributed by atoms with Crippen LogP contribution in [0.15, 0.2) is 48.7 Å². The molecule has 1 amide bonds. The minimum atomic E-state index is 0.111. The van der Waals surface area contributed by atoms with Crippen LogP contribution in [0.3, 0.4) is 0 Å². The number of anilines is 3. The normalized spacial score (nSPS) is 15.0. The van der Waals surface area contributed by atoms with Crippen LogP contribution in [0.25, 0.3) is 0 Å². The second-order valence-corrected chi connectivity index (χ2v) is 7.73. The topological polar surface area (TPSA) is 92.7 Å². The summed E-state index contributed by atoms with van der Waals surface area (Å²) in [6.45, 7) is 4.83. The van der Waals surface area contributed by atoms with Crippen LogP contribution in [-0.4, -0.2) is 58.7 Å². The molecule has 1 aromatic carbocycles. The third-order valence-corrected chi connectivity index (χ3v) is 5.49. The van der Waals surface area contributed by atoms with Gasteiger partial charge in [-0.3, -0.25) is 4.79 Å². The molecular weight excluding hydrogens is 408 g/mol. The molecule has 3 aromatic rings. The second kappa shape index (κ2) is 8.70. The van der Waals surface area contributed by atoms with Crippen LogP contribution < -0.4 is 19.7 Å². The number of nitrogens with one attached hydrogen (secondary N) is 1. The fourth-order valence-corrected chi connectivity index (χ4v) is 3.87. The number of aromatic nitrogens is 3. The summed E-state index contributed by atoms with van der Waals surface area (Å²) in [7, 11) is 0. The van der Waals surface area contributed by atoms with Gasteiger partial charge in [-0.25, -0.2) is 15.0 Å². The number of amides is 1. The number of carbonyl (C=O) groups excluding carboxylic acids is 1. The van der Waals surface area contributed by atoms with Crippen molar-refractivity contribution in [2.45, 2.75) is 13.3 Å².